The third kappa shape index (κ3) is 1.83. The van der Waals surface area contributed by atoms with Crippen molar-refractivity contribution in [2.24, 2.45) is 0 Å². The molecule has 0 bridgehead atoms. The van der Waals surface area contributed by atoms with Crippen LogP contribution in [0, 0.1) is 0 Å². The summed E-state index contributed by atoms with van der Waals surface area (Å²) >= 11 is 0. The summed E-state index contributed by atoms with van der Waals surface area (Å²) in [5.74, 6) is -0.511. The second-order valence-corrected chi connectivity index (χ2v) is 4.14. The first-order valence-electron chi connectivity index (χ1n) is 5.41. The second kappa shape index (κ2) is 4.04. The van der Waals surface area contributed by atoms with E-state index < -0.39 is 5.97 Å². The number of hydrogen-bond acceptors (Lipinski definition) is 3. The number of hydrogen-bond donors (Lipinski definition) is 2. The Morgan fingerprint density at radius 2 is 2.31 bits per heavy atom. The van der Waals surface area contributed by atoms with E-state index in [1.54, 1.807) is 6.07 Å². The minimum atomic E-state index is -0.967. The molecule has 0 fully saturated rings. The number of carboxylic acid groups (broad SMARTS) is 1. The van der Waals surface area contributed by atoms with Gasteiger partial charge in [0.2, 0.25) is 0 Å². The highest BCUT2D eigenvalue weighted by Gasteiger charge is 2.22. The van der Waals surface area contributed by atoms with Gasteiger partial charge in [0.1, 0.15) is 11.3 Å². The molecule has 4 heteroatoms. The molecule has 2 rings (SSSR count). The first-order valence-corrected chi connectivity index (χ1v) is 5.41. The lowest BCUT2D eigenvalue weighted by Gasteiger charge is -2.15. The summed E-state index contributed by atoms with van der Waals surface area (Å²) in [6.45, 7) is 1.95. The molecule has 0 amide bonds. The van der Waals surface area contributed by atoms with Gasteiger partial charge in [-0.25, -0.2) is 4.79 Å². The summed E-state index contributed by atoms with van der Waals surface area (Å²) in [4.78, 5) is 11.1. The van der Waals surface area contributed by atoms with Gasteiger partial charge in [-0.05, 0) is 38.3 Å². The predicted octanol–water partition coefficient (Wildman–Crippen LogP) is 2.07. The van der Waals surface area contributed by atoms with Crippen molar-refractivity contribution in [1.82, 2.24) is 0 Å². The molecular weight excluding hydrogens is 206 g/mol. The van der Waals surface area contributed by atoms with E-state index in [0.717, 1.165) is 24.8 Å². The number of benzene rings is 1. The molecular formula is C12H15NO3. The van der Waals surface area contributed by atoms with Crippen molar-refractivity contribution in [3.8, 4) is 5.75 Å². The Balaban J connectivity index is 2.56. The van der Waals surface area contributed by atoms with E-state index in [2.05, 4.69) is 0 Å². The topological polar surface area (TPSA) is 72.6 Å². The van der Waals surface area contributed by atoms with Gasteiger partial charge >= 0.3 is 5.97 Å². The smallest absolute Gasteiger partial charge is 0.339 e. The maximum Gasteiger partial charge on any atom is 0.339 e. The molecule has 0 saturated heterocycles. The molecule has 1 atom stereocenters. The Bertz CT molecular complexity index is 429. The quantitative estimate of drug-likeness (QED) is 0.712. The van der Waals surface area contributed by atoms with E-state index in [0.29, 0.717) is 11.4 Å². The van der Waals surface area contributed by atoms with Crippen LogP contribution in [0.3, 0.4) is 0 Å². The van der Waals surface area contributed by atoms with E-state index in [1.807, 2.05) is 6.92 Å². The van der Waals surface area contributed by atoms with Gasteiger partial charge in [0.25, 0.3) is 0 Å². The Kier molecular flexibility index (Phi) is 2.73. The third-order valence-corrected chi connectivity index (χ3v) is 2.88. The molecule has 0 saturated carbocycles. The zero-order valence-corrected chi connectivity index (χ0v) is 9.19. The Morgan fingerprint density at radius 1 is 1.56 bits per heavy atom. The van der Waals surface area contributed by atoms with E-state index in [4.69, 9.17) is 15.6 Å². The van der Waals surface area contributed by atoms with Gasteiger partial charge in [-0.1, -0.05) is 0 Å². The highest BCUT2D eigenvalue weighted by Crippen LogP contribution is 2.34. The summed E-state index contributed by atoms with van der Waals surface area (Å²) in [7, 11) is 0. The van der Waals surface area contributed by atoms with Crippen LogP contribution >= 0.6 is 0 Å². The monoisotopic (exact) mass is 221 g/mol. The average molecular weight is 221 g/mol. The van der Waals surface area contributed by atoms with Crippen LogP contribution in [0.15, 0.2) is 12.1 Å². The highest BCUT2D eigenvalue weighted by atomic mass is 16.5. The number of carbonyl (C=O) groups is 1. The van der Waals surface area contributed by atoms with E-state index >= 15 is 0 Å². The lowest BCUT2D eigenvalue weighted by molar-refractivity contribution is 0.0690. The lowest BCUT2D eigenvalue weighted by Crippen LogP contribution is -2.13. The van der Waals surface area contributed by atoms with Gasteiger partial charge in [0, 0.05) is 11.3 Å². The molecule has 0 aromatic heterocycles. The van der Waals surface area contributed by atoms with Gasteiger partial charge in [-0.3, -0.25) is 0 Å². The summed E-state index contributed by atoms with van der Waals surface area (Å²) in [6.07, 6.45) is 2.72. The average Bonchev–Trinajstić information content (AvgIpc) is 2.40. The molecule has 0 aliphatic carbocycles. The summed E-state index contributed by atoms with van der Waals surface area (Å²) in [6, 6.07) is 3.15. The normalized spacial score (nSPS) is 19.4. The van der Waals surface area contributed by atoms with Crippen molar-refractivity contribution < 1.29 is 14.6 Å². The molecule has 86 valence electrons. The van der Waals surface area contributed by atoms with Crippen molar-refractivity contribution in [2.45, 2.75) is 32.3 Å². The summed E-state index contributed by atoms with van der Waals surface area (Å²) in [5, 5.41) is 9.09. The molecule has 0 radical (unpaired) electrons. The number of rotatable bonds is 1. The van der Waals surface area contributed by atoms with Crippen LogP contribution in [-0.4, -0.2) is 17.2 Å². The zero-order chi connectivity index (χ0) is 11.7. The van der Waals surface area contributed by atoms with Crippen LogP contribution in [0.25, 0.3) is 0 Å². The molecule has 1 aromatic carbocycles. The minimum absolute atomic E-state index is 0.0427. The van der Waals surface area contributed by atoms with Crippen molar-refractivity contribution in [3.63, 3.8) is 0 Å². The number of anilines is 1. The molecule has 1 aromatic rings. The fourth-order valence-corrected chi connectivity index (χ4v) is 2.03. The Hall–Kier alpha value is -1.71. The number of aromatic carboxylic acids is 1. The molecule has 1 unspecified atom stereocenters. The van der Waals surface area contributed by atoms with Crippen molar-refractivity contribution in [3.05, 3.63) is 23.3 Å². The van der Waals surface area contributed by atoms with Crippen molar-refractivity contribution in [2.75, 3.05) is 5.73 Å². The SMILES string of the molecule is CC1CCCc2c(N)ccc(C(=O)O)c2O1. The zero-order valence-electron chi connectivity index (χ0n) is 9.19. The van der Waals surface area contributed by atoms with Crippen LogP contribution in [0.5, 0.6) is 5.75 Å². The molecule has 4 nitrogen and oxygen atoms in total. The molecule has 1 heterocycles. The predicted molar refractivity (Wildman–Crippen MR) is 60.8 cm³/mol. The van der Waals surface area contributed by atoms with E-state index in [-0.39, 0.29) is 11.7 Å². The minimum Gasteiger partial charge on any atom is -0.489 e. The molecule has 1 aliphatic heterocycles. The van der Waals surface area contributed by atoms with Gasteiger partial charge in [-0.2, -0.15) is 0 Å². The number of fused-ring (bicyclic) bond motifs is 1. The van der Waals surface area contributed by atoms with Crippen LogP contribution in [-0.2, 0) is 6.42 Å². The second-order valence-electron chi connectivity index (χ2n) is 4.14. The highest BCUT2D eigenvalue weighted by molar-refractivity contribution is 5.92. The Labute approximate surface area is 94.0 Å². The number of ether oxygens (including phenoxy) is 1. The first kappa shape index (κ1) is 10.8. The molecule has 1 aliphatic rings. The lowest BCUT2D eigenvalue weighted by atomic mass is 10.0. The number of nitrogen functional groups attached to an aromatic ring is 1. The standard InChI is InChI=1S/C12H15NO3/c1-7-3-2-4-8-10(13)6-5-9(12(14)15)11(8)16-7/h5-7H,2-4,13H2,1H3,(H,14,15). The van der Waals surface area contributed by atoms with E-state index in [1.165, 1.54) is 6.07 Å². The van der Waals surface area contributed by atoms with E-state index in [9.17, 15) is 4.79 Å². The number of carboxylic acids is 1. The van der Waals surface area contributed by atoms with Crippen LogP contribution in [0.1, 0.15) is 35.7 Å². The van der Waals surface area contributed by atoms with Gasteiger partial charge in [-0.15, -0.1) is 0 Å². The Morgan fingerprint density at radius 3 is 3.00 bits per heavy atom. The van der Waals surface area contributed by atoms with Crippen LogP contribution < -0.4 is 10.5 Å². The largest absolute Gasteiger partial charge is 0.489 e. The van der Waals surface area contributed by atoms with Crippen LogP contribution in [0.2, 0.25) is 0 Å². The third-order valence-electron chi connectivity index (χ3n) is 2.88. The fraction of sp³-hybridized carbons (Fsp3) is 0.417. The molecule has 16 heavy (non-hydrogen) atoms. The van der Waals surface area contributed by atoms with Gasteiger partial charge in [0.05, 0.1) is 6.10 Å². The fourth-order valence-electron chi connectivity index (χ4n) is 2.03. The number of nitrogens with two attached hydrogens (primary N) is 1. The summed E-state index contributed by atoms with van der Waals surface area (Å²) in [5.41, 5.74) is 7.52. The molecule has 0 spiro atoms. The summed E-state index contributed by atoms with van der Waals surface area (Å²) < 4.78 is 5.67. The molecule has 3 N–H and O–H groups in total. The maximum absolute atomic E-state index is 11.1. The van der Waals surface area contributed by atoms with Gasteiger partial charge < -0.3 is 15.6 Å². The first-order chi connectivity index (χ1) is 7.59. The van der Waals surface area contributed by atoms with Crippen LogP contribution in [0.4, 0.5) is 5.69 Å². The van der Waals surface area contributed by atoms with Crippen molar-refractivity contribution in [1.29, 1.82) is 0 Å². The van der Waals surface area contributed by atoms with Crippen molar-refractivity contribution >= 4 is 11.7 Å². The maximum atomic E-state index is 11.1. The van der Waals surface area contributed by atoms with Gasteiger partial charge in [0.15, 0.2) is 0 Å².